The molecule has 9 heteroatoms. The highest BCUT2D eigenvalue weighted by molar-refractivity contribution is 14.0. The molecule has 0 spiro atoms. The lowest BCUT2D eigenvalue weighted by Gasteiger charge is -2.31. The lowest BCUT2D eigenvalue weighted by Crippen LogP contribution is -2.43. The first-order valence-electron chi connectivity index (χ1n) is 10.0. The predicted molar refractivity (Wildman–Crippen MR) is 129 cm³/mol. The van der Waals surface area contributed by atoms with Gasteiger partial charge in [0, 0.05) is 31.6 Å². The van der Waals surface area contributed by atoms with E-state index in [-0.39, 0.29) is 30.0 Å². The number of likely N-dealkylation sites (N-methyl/N-ethyl adjacent to an activating group) is 1. The molecule has 1 atom stereocenters. The zero-order chi connectivity index (χ0) is 19.9. The molecule has 2 aromatic rings. The molecule has 2 heterocycles. The fourth-order valence-corrected chi connectivity index (χ4v) is 4.03. The third kappa shape index (κ3) is 5.82. The third-order valence-corrected chi connectivity index (χ3v) is 5.65. The Morgan fingerprint density at radius 3 is 2.69 bits per heavy atom. The number of aromatic nitrogens is 3. The van der Waals surface area contributed by atoms with Crippen molar-refractivity contribution in [2.75, 3.05) is 26.7 Å². The second kappa shape index (κ2) is 11.7. The first kappa shape index (κ1) is 23.9. The summed E-state index contributed by atoms with van der Waals surface area (Å²) in [5.41, 5.74) is 1.13. The Hall–Kier alpha value is -1.39. The van der Waals surface area contributed by atoms with E-state index in [0.29, 0.717) is 13.1 Å². The summed E-state index contributed by atoms with van der Waals surface area (Å²) in [5.74, 6) is 2.79. The molecule has 0 fully saturated rings. The van der Waals surface area contributed by atoms with Crippen LogP contribution in [0.2, 0.25) is 5.02 Å². The zero-order valence-corrected chi connectivity index (χ0v) is 20.4. The molecule has 0 aliphatic carbocycles. The van der Waals surface area contributed by atoms with Gasteiger partial charge in [-0.3, -0.25) is 9.89 Å². The van der Waals surface area contributed by atoms with Crippen LogP contribution in [-0.2, 0) is 19.5 Å². The van der Waals surface area contributed by atoms with Crippen molar-refractivity contribution < 1.29 is 0 Å². The molecule has 0 amide bonds. The average Bonchev–Trinajstić information content (AvgIpc) is 3.32. The second-order valence-electron chi connectivity index (χ2n) is 6.85. The van der Waals surface area contributed by atoms with Crippen LogP contribution in [-0.4, -0.2) is 52.3 Å². The Morgan fingerprint density at radius 1 is 1.24 bits per heavy atom. The number of aryl methyl sites for hydroxylation is 1. The third-order valence-electron chi connectivity index (χ3n) is 5.30. The van der Waals surface area contributed by atoms with Gasteiger partial charge in [0.1, 0.15) is 5.82 Å². The first-order chi connectivity index (χ1) is 13.7. The molecule has 0 saturated heterocycles. The van der Waals surface area contributed by atoms with Crippen LogP contribution in [0.5, 0.6) is 0 Å². The molecule has 0 radical (unpaired) electrons. The van der Waals surface area contributed by atoms with Crippen molar-refractivity contribution in [2.45, 2.75) is 45.8 Å². The van der Waals surface area contributed by atoms with Crippen molar-refractivity contribution in [3.05, 3.63) is 46.5 Å². The molecule has 3 rings (SSSR count). The maximum atomic E-state index is 6.49. The molecule has 1 aliphatic rings. The number of nitrogens with one attached hydrogen (secondary N) is 2. The van der Waals surface area contributed by atoms with E-state index in [0.717, 1.165) is 60.7 Å². The van der Waals surface area contributed by atoms with Crippen LogP contribution in [0.25, 0.3) is 0 Å². The summed E-state index contributed by atoms with van der Waals surface area (Å²) in [4.78, 5) is 6.76. The number of halogens is 2. The molecule has 2 N–H and O–H groups in total. The minimum atomic E-state index is 0. The van der Waals surface area contributed by atoms with E-state index in [9.17, 15) is 0 Å². The molecule has 160 valence electrons. The highest BCUT2D eigenvalue weighted by Crippen LogP contribution is 2.26. The van der Waals surface area contributed by atoms with E-state index in [4.69, 9.17) is 11.6 Å². The summed E-state index contributed by atoms with van der Waals surface area (Å²) in [6, 6.07) is 8.22. The van der Waals surface area contributed by atoms with Gasteiger partial charge in [-0.25, -0.2) is 0 Å². The van der Waals surface area contributed by atoms with Gasteiger partial charge in [0.05, 0.1) is 12.6 Å². The van der Waals surface area contributed by atoms with E-state index in [2.05, 4.69) is 55.2 Å². The van der Waals surface area contributed by atoms with Gasteiger partial charge in [-0.15, -0.1) is 34.2 Å². The van der Waals surface area contributed by atoms with Gasteiger partial charge < -0.3 is 15.2 Å². The highest BCUT2D eigenvalue weighted by atomic mass is 127. The molecule has 7 nitrogen and oxygen atoms in total. The SMILES string of the molecule is CCN(CC)C(CNC(=NC)NCc1nnc2n1CCC2)c1ccccc1Cl.I. The van der Waals surface area contributed by atoms with Crippen LogP contribution in [0, 0.1) is 0 Å². The summed E-state index contributed by atoms with van der Waals surface area (Å²) < 4.78 is 2.20. The minimum absolute atomic E-state index is 0. The molecule has 29 heavy (non-hydrogen) atoms. The number of hydrogen-bond donors (Lipinski definition) is 2. The smallest absolute Gasteiger partial charge is 0.191 e. The second-order valence-corrected chi connectivity index (χ2v) is 7.26. The highest BCUT2D eigenvalue weighted by Gasteiger charge is 2.21. The summed E-state index contributed by atoms with van der Waals surface area (Å²) in [7, 11) is 1.78. The molecule has 1 aromatic carbocycles. The van der Waals surface area contributed by atoms with Gasteiger partial charge in [0.2, 0.25) is 0 Å². The van der Waals surface area contributed by atoms with Gasteiger partial charge in [-0.05, 0) is 31.1 Å². The van der Waals surface area contributed by atoms with Crippen LogP contribution in [0.3, 0.4) is 0 Å². The van der Waals surface area contributed by atoms with Crippen molar-refractivity contribution in [2.24, 2.45) is 4.99 Å². The van der Waals surface area contributed by atoms with Gasteiger partial charge in [0.25, 0.3) is 0 Å². The first-order valence-corrected chi connectivity index (χ1v) is 10.4. The van der Waals surface area contributed by atoms with Crippen LogP contribution in [0.15, 0.2) is 29.3 Å². The summed E-state index contributed by atoms with van der Waals surface area (Å²) in [6.07, 6.45) is 2.16. The van der Waals surface area contributed by atoms with Crippen molar-refractivity contribution in [3.8, 4) is 0 Å². The van der Waals surface area contributed by atoms with Crippen LogP contribution in [0.4, 0.5) is 0 Å². The maximum absolute atomic E-state index is 6.49. The number of fused-ring (bicyclic) bond motifs is 1. The quantitative estimate of drug-likeness (QED) is 0.311. The van der Waals surface area contributed by atoms with Crippen LogP contribution >= 0.6 is 35.6 Å². The average molecular weight is 532 g/mol. The lowest BCUT2D eigenvalue weighted by molar-refractivity contribution is 0.219. The van der Waals surface area contributed by atoms with Crippen molar-refractivity contribution in [1.29, 1.82) is 0 Å². The molecule has 0 bridgehead atoms. The fraction of sp³-hybridized carbons (Fsp3) is 0.550. The summed E-state index contributed by atoms with van der Waals surface area (Å²) in [5, 5.41) is 16.2. The largest absolute Gasteiger partial charge is 0.354 e. The standard InChI is InChI=1S/C20H30ClN7.HI/c1-4-27(5-2)17(15-9-6-7-10-16(15)21)13-23-20(22-3)24-14-19-26-25-18-11-8-12-28(18)19;/h6-7,9-10,17H,4-5,8,11-14H2,1-3H3,(H2,22,23,24);1H. The predicted octanol–water partition coefficient (Wildman–Crippen LogP) is 3.24. The number of guanidine groups is 1. The Kier molecular flexibility index (Phi) is 9.64. The Balaban J connectivity index is 0.00000300. The molecular formula is C20H31ClIN7. The lowest BCUT2D eigenvalue weighted by atomic mass is 10.0. The van der Waals surface area contributed by atoms with Crippen molar-refractivity contribution in [3.63, 3.8) is 0 Å². The number of aliphatic imine (C=N–C) groups is 1. The number of benzene rings is 1. The number of rotatable bonds is 8. The molecular weight excluding hydrogens is 501 g/mol. The maximum Gasteiger partial charge on any atom is 0.191 e. The fourth-order valence-electron chi connectivity index (χ4n) is 3.76. The van der Waals surface area contributed by atoms with Crippen LogP contribution < -0.4 is 10.6 Å². The topological polar surface area (TPSA) is 70.4 Å². The molecule has 1 aromatic heterocycles. The van der Waals surface area contributed by atoms with E-state index in [1.807, 2.05) is 18.2 Å². The monoisotopic (exact) mass is 531 g/mol. The van der Waals surface area contributed by atoms with Crippen molar-refractivity contribution in [1.82, 2.24) is 30.3 Å². The van der Waals surface area contributed by atoms with Gasteiger partial charge >= 0.3 is 0 Å². The van der Waals surface area contributed by atoms with E-state index in [1.54, 1.807) is 7.05 Å². The minimum Gasteiger partial charge on any atom is -0.354 e. The number of nitrogens with zero attached hydrogens (tertiary/aromatic N) is 5. The Bertz CT molecular complexity index is 804. The van der Waals surface area contributed by atoms with E-state index in [1.165, 1.54) is 0 Å². The van der Waals surface area contributed by atoms with E-state index < -0.39 is 0 Å². The summed E-state index contributed by atoms with van der Waals surface area (Å²) in [6.45, 7) is 8.57. The number of hydrogen-bond acceptors (Lipinski definition) is 4. The molecule has 0 saturated carbocycles. The van der Waals surface area contributed by atoms with Crippen LogP contribution in [0.1, 0.15) is 43.5 Å². The molecule has 1 unspecified atom stereocenters. The zero-order valence-electron chi connectivity index (χ0n) is 17.4. The Morgan fingerprint density at radius 2 is 2.00 bits per heavy atom. The van der Waals surface area contributed by atoms with Crippen molar-refractivity contribution >= 4 is 41.5 Å². The van der Waals surface area contributed by atoms with E-state index >= 15 is 0 Å². The van der Waals surface area contributed by atoms with Gasteiger partial charge in [0.15, 0.2) is 11.8 Å². The molecule has 1 aliphatic heterocycles. The van der Waals surface area contributed by atoms with Gasteiger partial charge in [-0.1, -0.05) is 43.6 Å². The van der Waals surface area contributed by atoms with Gasteiger partial charge in [-0.2, -0.15) is 0 Å². The summed E-state index contributed by atoms with van der Waals surface area (Å²) >= 11 is 6.49. The Labute approximate surface area is 195 Å². The normalized spacial score (nSPS) is 14.4.